The number of esters is 1. The molecule has 1 aliphatic carbocycles. The summed E-state index contributed by atoms with van der Waals surface area (Å²) < 4.78 is 12.3. The van der Waals surface area contributed by atoms with Crippen molar-refractivity contribution in [3.63, 3.8) is 0 Å². The third kappa shape index (κ3) is 9.08. The molecule has 0 saturated heterocycles. The number of ether oxygens (including phenoxy) is 1. The van der Waals surface area contributed by atoms with Crippen LogP contribution in [-0.2, 0) is 14.0 Å². The SMILES string of the molecule is C=C(C#CC1(O[Si](C)(C)C(C)(C)C)CC[CH-]C(=CC=C(C)[CH-]COC(C)=O)C1(C)C)C[Si](C)(C)C. The topological polar surface area (TPSA) is 35.5 Å². The van der Waals surface area contributed by atoms with E-state index >= 15 is 0 Å². The van der Waals surface area contributed by atoms with Crippen molar-refractivity contribution >= 4 is 22.4 Å². The number of hydrogen-bond donors (Lipinski definition) is 0. The van der Waals surface area contributed by atoms with E-state index < -0.39 is 22.0 Å². The maximum absolute atomic E-state index is 11.1. The Morgan fingerprint density at radius 2 is 1.80 bits per heavy atom. The summed E-state index contributed by atoms with van der Waals surface area (Å²) in [5.41, 5.74) is 2.42. The van der Waals surface area contributed by atoms with E-state index in [4.69, 9.17) is 9.16 Å². The highest BCUT2D eigenvalue weighted by Gasteiger charge is 2.52. The first-order chi connectivity index (χ1) is 15.7. The molecule has 1 saturated carbocycles. The standard InChI is InChI=1S/C30H50O3Si2/c1-24(19-22-32-26(3)31)16-17-27-15-14-20-30(29(27,7)8,33-35(12,13)28(4,5)6)21-18-25(2)23-34(9,10)11/h15-17,19H,2,14,20,22-23H2,1,3-13H3/q-2. The minimum absolute atomic E-state index is 0.0836. The van der Waals surface area contributed by atoms with Crippen LogP contribution in [-0.4, -0.2) is 34.6 Å². The zero-order chi connectivity index (χ0) is 27.3. The Morgan fingerprint density at radius 3 is 2.31 bits per heavy atom. The van der Waals surface area contributed by atoms with Crippen LogP contribution in [0.2, 0.25) is 43.8 Å². The molecule has 0 aliphatic heterocycles. The van der Waals surface area contributed by atoms with E-state index in [-0.39, 0.29) is 23.0 Å². The summed E-state index contributed by atoms with van der Waals surface area (Å²) >= 11 is 0. The van der Waals surface area contributed by atoms with Gasteiger partial charge in [0.15, 0.2) is 8.32 Å². The van der Waals surface area contributed by atoms with Crippen LogP contribution in [0.4, 0.5) is 0 Å². The average Bonchev–Trinajstić information content (AvgIpc) is 2.64. The van der Waals surface area contributed by atoms with Crippen LogP contribution in [0, 0.1) is 30.1 Å². The molecule has 5 heteroatoms. The molecule has 35 heavy (non-hydrogen) atoms. The number of hydrogen-bond acceptors (Lipinski definition) is 3. The van der Waals surface area contributed by atoms with Gasteiger partial charge in [0.2, 0.25) is 0 Å². The minimum atomic E-state index is -2.11. The zero-order valence-electron chi connectivity index (χ0n) is 24.6. The fourth-order valence-electron chi connectivity index (χ4n) is 3.97. The van der Waals surface area contributed by atoms with Gasteiger partial charge in [-0.15, -0.1) is 0 Å². The van der Waals surface area contributed by atoms with Crippen molar-refractivity contribution in [1.29, 1.82) is 0 Å². The first-order valence-corrected chi connectivity index (χ1v) is 19.4. The van der Waals surface area contributed by atoms with E-state index in [0.29, 0.717) is 0 Å². The Hall–Kier alpha value is -1.62. The molecule has 1 unspecified atom stereocenters. The van der Waals surface area contributed by atoms with Crippen LogP contribution in [0.5, 0.6) is 0 Å². The Bertz CT molecular complexity index is 899. The van der Waals surface area contributed by atoms with E-state index in [1.54, 1.807) is 0 Å². The maximum atomic E-state index is 11.1. The molecule has 1 rings (SSSR count). The normalized spacial score (nSPS) is 22.1. The molecule has 0 heterocycles. The number of rotatable bonds is 8. The third-order valence-electron chi connectivity index (χ3n) is 7.23. The smallest absolute Gasteiger partial charge is 0.301 e. The molecule has 1 fully saturated rings. The number of allylic oxidation sites excluding steroid dienone is 3. The molecule has 0 spiro atoms. The summed E-state index contributed by atoms with van der Waals surface area (Å²) in [6, 6.07) is 1.01. The molecular formula is C30H50O3Si2-2. The van der Waals surface area contributed by atoms with Crippen molar-refractivity contribution in [2.75, 3.05) is 6.61 Å². The van der Waals surface area contributed by atoms with Gasteiger partial charge in [0.05, 0.1) is 0 Å². The highest BCUT2D eigenvalue weighted by molar-refractivity contribution is 6.76. The van der Waals surface area contributed by atoms with Gasteiger partial charge in [0.25, 0.3) is 0 Å². The highest BCUT2D eigenvalue weighted by atomic mass is 28.4. The van der Waals surface area contributed by atoms with E-state index in [2.05, 4.69) is 104 Å². The first-order valence-electron chi connectivity index (χ1n) is 12.8. The molecule has 1 atom stereocenters. The van der Waals surface area contributed by atoms with Gasteiger partial charge in [-0.25, -0.2) is 17.6 Å². The van der Waals surface area contributed by atoms with Gasteiger partial charge in [-0.1, -0.05) is 86.0 Å². The second-order valence-corrected chi connectivity index (χ2v) is 23.4. The van der Waals surface area contributed by atoms with E-state index in [1.165, 1.54) is 12.5 Å². The predicted octanol–water partition coefficient (Wildman–Crippen LogP) is 8.31. The van der Waals surface area contributed by atoms with Crippen molar-refractivity contribution in [2.45, 2.75) is 111 Å². The second kappa shape index (κ2) is 11.6. The van der Waals surface area contributed by atoms with Crippen LogP contribution in [0.3, 0.4) is 0 Å². The third-order valence-corrected chi connectivity index (χ3v) is 13.2. The van der Waals surface area contributed by atoms with Crippen molar-refractivity contribution in [3.05, 3.63) is 48.3 Å². The van der Waals surface area contributed by atoms with Crippen molar-refractivity contribution in [2.24, 2.45) is 5.41 Å². The first kappa shape index (κ1) is 31.4. The molecule has 0 amide bonds. The van der Waals surface area contributed by atoms with Crippen LogP contribution in [0.15, 0.2) is 35.5 Å². The van der Waals surface area contributed by atoms with Gasteiger partial charge in [-0.05, 0) is 41.6 Å². The minimum Gasteiger partial charge on any atom is -0.480 e. The Balaban J connectivity index is 3.46. The lowest BCUT2D eigenvalue weighted by atomic mass is 9.62. The quantitative estimate of drug-likeness (QED) is 0.141. The molecule has 0 aromatic carbocycles. The Labute approximate surface area is 219 Å². The van der Waals surface area contributed by atoms with Gasteiger partial charge in [0, 0.05) is 21.6 Å². The molecule has 0 aromatic rings. The molecule has 0 bridgehead atoms. The van der Waals surface area contributed by atoms with Crippen LogP contribution in [0.1, 0.15) is 61.3 Å². The lowest BCUT2D eigenvalue weighted by Gasteiger charge is -2.57. The molecule has 198 valence electrons. The Kier molecular flexibility index (Phi) is 10.4. The molecule has 1 aliphatic rings. The number of carbonyl (C=O) groups is 1. The van der Waals surface area contributed by atoms with Crippen molar-refractivity contribution in [1.82, 2.24) is 0 Å². The van der Waals surface area contributed by atoms with E-state index in [1.807, 2.05) is 13.3 Å². The summed E-state index contributed by atoms with van der Waals surface area (Å²) in [4.78, 5) is 11.1. The second-order valence-electron chi connectivity index (χ2n) is 13.2. The summed E-state index contributed by atoms with van der Waals surface area (Å²) in [5, 5.41) is 0.0836. The van der Waals surface area contributed by atoms with Gasteiger partial charge in [0.1, 0.15) is 5.60 Å². The summed E-state index contributed by atoms with van der Waals surface area (Å²) in [5.74, 6) is 6.89. The fraction of sp³-hybridized carbons (Fsp3) is 0.633. The van der Waals surface area contributed by atoms with Crippen molar-refractivity contribution in [3.8, 4) is 11.8 Å². The number of carbonyl (C=O) groups excluding carboxylic acids is 1. The van der Waals surface area contributed by atoms with Gasteiger partial charge < -0.3 is 9.16 Å². The predicted molar refractivity (Wildman–Crippen MR) is 156 cm³/mol. The van der Waals surface area contributed by atoms with E-state index in [9.17, 15) is 4.79 Å². The van der Waals surface area contributed by atoms with Crippen LogP contribution < -0.4 is 0 Å². The molecular weight excluding hydrogens is 464 g/mol. The van der Waals surface area contributed by atoms with Crippen LogP contribution >= 0.6 is 0 Å². The lowest BCUT2D eigenvalue weighted by Crippen LogP contribution is -2.57. The van der Waals surface area contributed by atoms with Crippen molar-refractivity contribution < 1.29 is 14.0 Å². The zero-order valence-corrected chi connectivity index (χ0v) is 26.6. The molecule has 0 radical (unpaired) electrons. The monoisotopic (exact) mass is 514 g/mol. The molecule has 0 N–H and O–H groups in total. The summed E-state index contributed by atoms with van der Waals surface area (Å²) in [7, 11) is -3.40. The average molecular weight is 515 g/mol. The molecule has 0 aromatic heterocycles. The summed E-state index contributed by atoms with van der Waals surface area (Å²) in [6.45, 7) is 31.2. The lowest BCUT2D eigenvalue weighted by molar-refractivity contribution is -0.140. The largest absolute Gasteiger partial charge is 0.480 e. The highest BCUT2D eigenvalue weighted by Crippen LogP contribution is 2.52. The van der Waals surface area contributed by atoms with Gasteiger partial charge in [-0.3, -0.25) is 16.9 Å². The maximum Gasteiger partial charge on any atom is 0.301 e. The Morgan fingerprint density at radius 1 is 1.20 bits per heavy atom. The van der Waals surface area contributed by atoms with Gasteiger partial charge >= 0.3 is 5.97 Å². The van der Waals surface area contributed by atoms with E-state index in [0.717, 1.165) is 30.0 Å². The van der Waals surface area contributed by atoms with Gasteiger partial charge in [-0.2, -0.15) is 6.42 Å². The summed E-state index contributed by atoms with van der Waals surface area (Å²) in [6.07, 6.45) is 10.3. The van der Waals surface area contributed by atoms with Crippen LogP contribution in [0.25, 0.3) is 0 Å². The fourth-order valence-corrected chi connectivity index (χ4v) is 6.93. The molecule has 3 nitrogen and oxygen atoms in total.